The minimum Gasteiger partial charge on any atom is -0.369 e. The maximum atomic E-state index is 11.8. The van der Waals surface area contributed by atoms with Crippen LogP contribution in [0, 0.1) is 5.92 Å². The van der Waals surface area contributed by atoms with Gasteiger partial charge < -0.3 is 15.4 Å². The first-order valence-corrected chi connectivity index (χ1v) is 5.29. The van der Waals surface area contributed by atoms with E-state index in [0.29, 0.717) is 19.1 Å². The third-order valence-corrected chi connectivity index (χ3v) is 2.70. The molecule has 4 heteroatoms. The summed E-state index contributed by atoms with van der Waals surface area (Å²) in [5, 5.41) is 0. The highest BCUT2D eigenvalue weighted by Gasteiger charge is 2.28. The lowest BCUT2D eigenvalue weighted by Crippen LogP contribution is -2.38. The van der Waals surface area contributed by atoms with Crippen LogP contribution in [0.3, 0.4) is 0 Å². The van der Waals surface area contributed by atoms with Gasteiger partial charge in [0.25, 0.3) is 5.91 Å². The normalized spacial score (nSPS) is 23.9. The molecule has 2 unspecified atom stereocenters. The Morgan fingerprint density at radius 2 is 2.43 bits per heavy atom. The topological polar surface area (TPSA) is 55.6 Å². The van der Waals surface area contributed by atoms with Crippen molar-refractivity contribution in [2.75, 3.05) is 26.2 Å². The Hall–Kier alpha value is -0.610. The van der Waals surface area contributed by atoms with E-state index in [1.54, 1.807) is 0 Å². The Morgan fingerprint density at radius 3 is 2.93 bits per heavy atom. The molecule has 1 fully saturated rings. The average molecular weight is 200 g/mol. The maximum Gasteiger partial charge on any atom is 0.251 e. The zero-order valence-electron chi connectivity index (χ0n) is 9.03. The number of hydrogen-bond donors (Lipinski definition) is 1. The Labute approximate surface area is 85.4 Å². The molecule has 0 aromatic rings. The fourth-order valence-electron chi connectivity index (χ4n) is 1.80. The summed E-state index contributed by atoms with van der Waals surface area (Å²) in [7, 11) is 0. The molecule has 82 valence electrons. The van der Waals surface area contributed by atoms with Crippen LogP contribution in [0.15, 0.2) is 0 Å². The molecule has 0 aromatic carbocycles. The molecule has 0 aliphatic carbocycles. The van der Waals surface area contributed by atoms with Crippen molar-refractivity contribution in [3.05, 3.63) is 0 Å². The first-order chi connectivity index (χ1) is 6.69. The third kappa shape index (κ3) is 2.69. The minimum absolute atomic E-state index is 0.0998. The molecule has 2 N–H and O–H groups in total. The number of nitrogens with zero attached hydrogens (tertiary/aromatic N) is 1. The monoisotopic (exact) mass is 200 g/mol. The molecule has 1 rings (SSSR count). The smallest absolute Gasteiger partial charge is 0.251 e. The molecule has 2 atom stereocenters. The average Bonchev–Trinajstić information content (AvgIpc) is 2.65. The summed E-state index contributed by atoms with van der Waals surface area (Å²) in [6.45, 7) is 6.59. The van der Waals surface area contributed by atoms with Gasteiger partial charge in [0, 0.05) is 19.7 Å². The standard InChI is InChI=1S/C10H20N2O2/c1-3-14-8(2)10(13)12-5-4-9(6-11)7-12/h8-9H,3-7,11H2,1-2H3. The summed E-state index contributed by atoms with van der Waals surface area (Å²) in [5.41, 5.74) is 5.56. The van der Waals surface area contributed by atoms with Gasteiger partial charge in [-0.2, -0.15) is 0 Å². The molecule has 0 aromatic heterocycles. The minimum atomic E-state index is -0.309. The lowest BCUT2D eigenvalue weighted by Gasteiger charge is -2.20. The number of carbonyl (C=O) groups is 1. The fourth-order valence-corrected chi connectivity index (χ4v) is 1.80. The summed E-state index contributed by atoms with van der Waals surface area (Å²) in [5.74, 6) is 0.579. The van der Waals surface area contributed by atoms with Crippen molar-refractivity contribution in [1.82, 2.24) is 4.90 Å². The van der Waals surface area contributed by atoms with E-state index in [0.717, 1.165) is 19.5 Å². The van der Waals surface area contributed by atoms with E-state index in [4.69, 9.17) is 10.5 Å². The van der Waals surface area contributed by atoms with E-state index in [1.165, 1.54) is 0 Å². The van der Waals surface area contributed by atoms with E-state index < -0.39 is 0 Å². The van der Waals surface area contributed by atoms with Crippen LogP contribution in [-0.4, -0.2) is 43.2 Å². The Balaban J connectivity index is 2.38. The molecule has 1 amide bonds. The largest absolute Gasteiger partial charge is 0.369 e. The molecule has 0 radical (unpaired) electrons. The van der Waals surface area contributed by atoms with Crippen LogP contribution >= 0.6 is 0 Å². The van der Waals surface area contributed by atoms with E-state index in [2.05, 4.69) is 0 Å². The predicted octanol–water partition coefficient (Wildman–Crippen LogP) is 0.219. The van der Waals surface area contributed by atoms with Crippen LogP contribution in [0.5, 0.6) is 0 Å². The van der Waals surface area contributed by atoms with E-state index >= 15 is 0 Å². The highest BCUT2D eigenvalue weighted by Crippen LogP contribution is 2.16. The van der Waals surface area contributed by atoms with Crippen molar-refractivity contribution in [1.29, 1.82) is 0 Å². The number of nitrogens with two attached hydrogens (primary N) is 1. The van der Waals surface area contributed by atoms with Crippen LogP contribution < -0.4 is 5.73 Å². The first-order valence-electron chi connectivity index (χ1n) is 5.29. The van der Waals surface area contributed by atoms with E-state index in [-0.39, 0.29) is 12.0 Å². The third-order valence-electron chi connectivity index (χ3n) is 2.70. The van der Waals surface area contributed by atoms with Crippen molar-refractivity contribution in [3.8, 4) is 0 Å². The predicted molar refractivity (Wildman–Crippen MR) is 54.8 cm³/mol. The molecule has 0 saturated carbocycles. The lowest BCUT2D eigenvalue weighted by molar-refractivity contribution is -0.141. The SMILES string of the molecule is CCOC(C)C(=O)N1CCC(CN)C1. The number of likely N-dealkylation sites (tertiary alicyclic amines) is 1. The molecule has 1 saturated heterocycles. The molecule has 0 bridgehead atoms. The summed E-state index contributed by atoms with van der Waals surface area (Å²) in [6.07, 6.45) is 0.720. The number of amides is 1. The second-order valence-electron chi connectivity index (χ2n) is 3.77. The molecule has 1 aliphatic heterocycles. The Morgan fingerprint density at radius 1 is 1.71 bits per heavy atom. The van der Waals surface area contributed by atoms with Crippen molar-refractivity contribution in [2.45, 2.75) is 26.4 Å². The molecule has 0 spiro atoms. The molecular formula is C10H20N2O2. The zero-order valence-corrected chi connectivity index (χ0v) is 9.03. The highest BCUT2D eigenvalue weighted by atomic mass is 16.5. The number of rotatable bonds is 4. The highest BCUT2D eigenvalue weighted by molar-refractivity contribution is 5.80. The van der Waals surface area contributed by atoms with Gasteiger partial charge in [0.15, 0.2) is 0 Å². The van der Waals surface area contributed by atoms with Crippen LogP contribution in [-0.2, 0) is 9.53 Å². The molecular weight excluding hydrogens is 180 g/mol. The van der Waals surface area contributed by atoms with Crippen LogP contribution in [0.25, 0.3) is 0 Å². The molecule has 4 nitrogen and oxygen atoms in total. The van der Waals surface area contributed by atoms with Gasteiger partial charge in [-0.05, 0) is 32.7 Å². The summed E-state index contributed by atoms with van der Waals surface area (Å²) >= 11 is 0. The van der Waals surface area contributed by atoms with E-state index in [9.17, 15) is 4.79 Å². The van der Waals surface area contributed by atoms with Gasteiger partial charge in [0.1, 0.15) is 6.10 Å². The number of carbonyl (C=O) groups excluding carboxylic acids is 1. The lowest BCUT2D eigenvalue weighted by atomic mass is 10.1. The van der Waals surface area contributed by atoms with Gasteiger partial charge in [-0.1, -0.05) is 0 Å². The number of ether oxygens (including phenoxy) is 1. The second-order valence-corrected chi connectivity index (χ2v) is 3.77. The molecule has 14 heavy (non-hydrogen) atoms. The van der Waals surface area contributed by atoms with Crippen LogP contribution in [0.2, 0.25) is 0 Å². The Bertz CT molecular complexity index is 197. The Kier molecular flexibility index (Phi) is 4.35. The summed E-state index contributed by atoms with van der Waals surface area (Å²) in [4.78, 5) is 13.6. The van der Waals surface area contributed by atoms with Crippen molar-refractivity contribution < 1.29 is 9.53 Å². The second kappa shape index (κ2) is 5.32. The maximum absolute atomic E-state index is 11.8. The first kappa shape index (κ1) is 11.5. The summed E-state index contributed by atoms with van der Waals surface area (Å²) in [6, 6.07) is 0. The van der Waals surface area contributed by atoms with E-state index in [1.807, 2.05) is 18.7 Å². The van der Waals surface area contributed by atoms with Gasteiger partial charge in [0.2, 0.25) is 0 Å². The van der Waals surface area contributed by atoms with Crippen molar-refractivity contribution in [3.63, 3.8) is 0 Å². The van der Waals surface area contributed by atoms with Crippen molar-refractivity contribution >= 4 is 5.91 Å². The quantitative estimate of drug-likeness (QED) is 0.706. The van der Waals surface area contributed by atoms with Crippen LogP contribution in [0.4, 0.5) is 0 Å². The van der Waals surface area contributed by atoms with Gasteiger partial charge in [0.05, 0.1) is 0 Å². The van der Waals surface area contributed by atoms with Gasteiger partial charge in [-0.3, -0.25) is 4.79 Å². The summed E-state index contributed by atoms with van der Waals surface area (Å²) < 4.78 is 5.26. The number of hydrogen-bond acceptors (Lipinski definition) is 3. The zero-order chi connectivity index (χ0) is 10.6. The fraction of sp³-hybridized carbons (Fsp3) is 0.900. The molecule has 1 heterocycles. The van der Waals surface area contributed by atoms with Crippen LogP contribution in [0.1, 0.15) is 20.3 Å². The van der Waals surface area contributed by atoms with Crippen molar-refractivity contribution in [2.24, 2.45) is 11.7 Å². The molecule has 1 aliphatic rings. The van der Waals surface area contributed by atoms with Gasteiger partial charge in [-0.25, -0.2) is 0 Å². The van der Waals surface area contributed by atoms with Gasteiger partial charge >= 0.3 is 0 Å². The van der Waals surface area contributed by atoms with Gasteiger partial charge in [-0.15, -0.1) is 0 Å².